The number of thiazole rings is 1. The topological polar surface area (TPSA) is 119 Å². The minimum Gasteiger partial charge on any atom is -0.370 e. The molecule has 2 aromatic carbocycles. The quantitative estimate of drug-likeness (QED) is 0.272. The van der Waals surface area contributed by atoms with E-state index in [0.717, 1.165) is 32.9 Å². The number of carbonyl (C=O) groups excluding carboxylic acids is 1. The first-order chi connectivity index (χ1) is 17.2. The number of carbonyl (C=O) groups is 1. The molecule has 1 amide bonds. The summed E-state index contributed by atoms with van der Waals surface area (Å²) in [5, 5.41) is 7.04. The van der Waals surface area contributed by atoms with Gasteiger partial charge in [-0.25, -0.2) is 19.9 Å². The Hall–Kier alpha value is -4.21. The third-order valence-corrected chi connectivity index (χ3v) is 6.26. The van der Waals surface area contributed by atoms with Gasteiger partial charge in [0.25, 0.3) is 5.91 Å². The second-order valence-corrected chi connectivity index (χ2v) is 8.72. The molecule has 0 atom stereocenters. The Balaban J connectivity index is 1.47. The molecule has 5 aromatic rings. The minimum absolute atomic E-state index is 0.259. The largest absolute Gasteiger partial charge is 0.370 e. The molecule has 35 heavy (non-hydrogen) atoms. The highest BCUT2D eigenvalue weighted by Gasteiger charge is 2.17. The van der Waals surface area contributed by atoms with Crippen LogP contribution in [0.4, 0.5) is 11.5 Å². The molecule has 3 aromatic heterocycles. The van der Waals surface area contributed by atoms with Gasteiger partial charge in [0.05, 0.1) is 5.69 Å². The summed E-state index contributed by atoms with van der Waals surface area (Å²) in [7, 11) is 0. The van der Waals surface area contributed by atoms with Gasteiger partial charge in [0, 0.05) is 29.9 Å². The first-order valence-corrected chi connectivity index (χ1v) is 12.0. The highest BCUT2D eigenvalue weighted by Crippen LogP contribution is 2.33. The molecule has 0 unspecified atom stereocenters. The second-order valence-electron chi connectivity index (χ2n) is 7.74. The number of rotatable bonds is 8. The van der Waals surface area contributed by atoms with Crippen LogP contribution in [0, 0.1) is 0 Å². The molecule has 4 N–H and O–H groups in total. The fourth-order valence-electron chi connectivity index (χ4n) is 3.54. The molecule has 0 radical (unpaired) electrons. The van der Waals surface area contributed by atoms with Crippen molar-refractivity contribution >= 4 is 39.1 Å². The van der Waals surface area contributed by atoms with Crippen LogP contribution in [-0.2, 0) is 0 Å². The molecular formula is C26H23N7OS. The first kappa shape index (κ1) is 22.6. The standard InChI is InChI=1S/C26H23N7OS/c27-13-7-15-28-22-16-21(30-23(33-22)17-8-2-1-3-9-17)24(34)31-19-11-5-4-10-18(19)25-32-20-12-6-14-29-26(20)35-25/h1-6,8-12,14,16H,7,13,15,27H2,(H,31,34)(H,28,30,33). The van der Waals surface area contributed by atoms with Gasteiger partial charge in [-0.05, 0) is 37.2 Å². The van der Waals surface area contributed by atoms with Gasteiger partial charge in [0.2, 0.25) is 0 Å². The summed E-state index contributed by atoms with van der Waals surface area (Å²) in [5.74, 6) is 0.708. The normalized spacial score (nSPS) is 10.9. The molecule has 0 saturated carbocycles. The second kappa shape index (κ2) is 10.4. The van der Waals surface area contributed by atoms with Crippen LogP contribution in [0.2, 0.25) is 0 Å². The van der Waals surface area contributed by atoms with E-state index in [1.165, 1.54) is 11.3 Å². The maximum atomic E-state index is 13.4. The monoisotopic (exact) mass is 481 g/mol. The summed E-state index contributed by atoms with van der Waals surface area (Å²) in [4.78, 5) is 32.4. The zero-order chi connectivity index (χ0) is 24.0. The third-order valence-electron chi connectivity index (χ3n) is 5.25. The zero-order valence-corrected chi connectivity index (χ0v) is 19.6. The van der Waals surface area contributed by atoms with Crippen molar-refractivity contribution < 1.29 is 4.79 Å². The fraction of sp³-hybridized carbons (Fsp3) is 0.115. The molecule has 0 fully saturated rings. The first-order valence-electron chi connectivity index (χ1n) is 11.2. The summed E-state index contributed by atoms with van der Waals surface area (Å²) in [6, 6.07) is 22.6. The predicted octanol–water partition coefficient (Wildman–Crippen LogP) is 4.83. The third kappa shape index (κ3) is 5.16. The Labute approximate surface area is 206 Å². The molecule has 0 saturated heterocycles. The van der Waals surface area contributed by atoms with Gasteiger partial charge in [-0.1, -0.05) is 53.8 Å². The highest BCUT2D eigenvalue weighted by atomic mass is 32.1. The van der Waals surface area contributed by atoms with Gasteiger partial charge in [-0.15, -0.1) is 0 Å². The summed E-state index contributed by atoms with van der Waals surface area (Å²) >= 11 is 1.48. The van der Waals surface area contributed by atoms with Gasteiger partial charge in [0.1, 0.15) is 26.9 Å². The number of benzene rings is 2. The zero-order valence-electron chi connectivity index (χ0n) is 18.8. The smallest absolute Gasteiger partial charge is 0.274 e. The van der Waals surface area contributed by atoms with E-state index < -0.39 is 0 Å². The Bertz CT molecular complexity index is 1440. The van der Waals surface area contributed by atoms with E-state index in [2.05, 4.69) is 25.6 Å². The SMILES string of the molecule is NCCCNc1cc(C(=O)Nc2ccccc2-c2nc3cccnc3s2)nc(-c2ccccc2)n1. The fourth-order valence-corrected chi connectivity index (χ4v) is 4.49. The molecule has 174 valence electrons. The number of nitrogens with two attached hydrogens (primary N) is 1. The minimum atomic E-state index is -0.335. The summed E-state index contributed by atoms with van der Waals surface area (Å²) in [6.07, 6.45) is 2.53. The van der Waals surface area contributed by atoms with Gasteiger partial charge < -0.3 is 16.4 Å². The van der Waals surface area contributed by atoms with Crippen LogP contribution in [0.15, 0.2) is 79.0 Å². The lowest BCUT2D eigenvalue weighted by molar-refractivity contribution is 0.102. The van der Waals surface area contributed by atoms with E-state index in [0.29, 0.717) is 30.4 Å². The summed E-state index contributed by atoms with van der Waals surface area (Å²) in [5.41, 5.74) is 9.00. The van der Waals surface area contributed by atoms with Crippen molar-refractivity contribution in [3.05, 3.63) is 84.7 Å². The average Bonchev–Trinajstić information content (AvgIpc) is 3.34. The molecule has 0 aliphatic rings. The van der Waals surface area contributed by atoms with E-state index in [1.54, 1.807) is 12.3 Å². The average molecular weight is 482 g/mol. The molecule has 0 spiro atoms. The number of nitrogens with one attached hydrogen (secondary N) is 2. The van der Waals surface area contributed by atoms with Gasteiger partial charge >= 0.3 is 0 Å². The van der Waals surface area contributed by atoms with Gasteiger partial charge in [0.15, 0.2) is 5.82 Å². The van der Waals surface area contributed by atoms with Crippen molar-refractivity contribution in [2.24, 2.45) is 5.73 Å². The number of anilines is 2. The number of hydrogen-bond acceptors (Lipinski definition) is 8. The highest BCUT2D eigenvalue weighted by molar-refractivity contribution is 7.21. The Morgan fingerprint density at radius 1 is 0.943 bits per heavy atom. The number of hydrogen-bond donors (Lipinski definition) is 3. The number of nitrogens with zero attached hydrogens (tertiary/aromatic N) is 4. The number of pyridine rings is 1. The molecule has 5 rings (SSSR count). The van der Waals surface area contributed by atoms with Crippen molar-refractivity contribution in [3.8, 4) is 22.0 Å². The van der Waals surface area contributed by atoms with Crippen molar-refractivity contribution in [3.63, 3.8) is 0 Å². The van der Waals surface area contributed by atoms with Crippen LogP contribution in [0.5, 0.6) is 0 Å². The Morgan fingerprint density at radius 3 is 2.60 bits per heavy atom. The maximum Gasteiger partial charge on any atom is 0.274 e. The molecule has 0 aliphatic heterocycles. The van der Waals surface area contributed by atoms with Crippen molar-refractivity contribution in [2.75, 3.05) is 23.7 Å². The van der Waals surface area contributed by atoms with Crippen LogP contribution >= 0.6 is 11.3 Å². The lowest BCUT2D eigenvalue weighted by Gasteiger charge is -2.12. The molecule has 8 nitrogen and oxygen atoms in total. The summed E-state index contributed by atoms with van der Waals surface area (Å²) < 4.78 is 0. The Morgan fingerprint density at radius 2 is 1.77 bits per heavy atom. The number of aromatic nitrogens is 4. The molecule has 0 bridgehead atoms. The lowest BCUT2D eigenvalue weighted by atomic mass is 10.1. The van der Waals surface area contributed by atoms with E-state index in [4.69, 9.17) is 10.7 Å². The summed E-state index contributed by atoms with van der Waals surface area (Å²) in [6.45, 7) is 1.21. The van der Waals surface area contributed by atoms with Crippen LogP contribution in [0.25, 0.3) is 32.3 Å². The Kier molecular flexibility index (Phi) is 6.69. The number of amides is 1. The van der Waals surface area contributed by atoms with Crippen LogP contribution in [0.1, 0.15) is 16.9 Å². The van der Waals surface area contributed by atoms with E-state index >= 15 is 0 Å². The molecule has 9 heteroatoms. The van der Waals surface area contributed by atoms with Crippen molar-refractivity contribution in [2.45, 2.75) is 6.42 Å². The van der Waals surface area contributed by atoms with Gasteiger partial charge in [-0.3, -0.25) is 4.79 Å². The molecule has 0 aliphatic carbocycles. The lowest BCUT2D eigenvalue weighted by Crippen LogP contribution is -2.17. The number of para-hydroxylation sites is 1. The maximum absolute atomic E-state index is 13.4. The van der Waals surface area contributed by atoms with Gasteiger partial charge in [-0.2, -0.15) is 0 Å². The van der Waals surface area contributed by atoms with Crippen LogP contribution in [0.3, 0.4) is 0 Å². The number of fused-ring (bicyclic) bond motifs is 1. The van der Waals surface area contributed by atoms with E-state index in [-0.39, 0.29) is 11.6 Å². The van der Waals surface area contributed by atoms with E-state index in [1.807, 2.05) is 66.7 Å². The van der Waals surface area contributed by atoms with Crippen LogP contribution in [-0.4, -0.2) is 38.9 Å². The van der Waals surface area contributed by atoms with Crippen molar-refractivity contribution in [1.82, 2.24) is 19.9 Å². The van der Waals surface area contributed by atoms with Crippen LogP contribution < -0.4 is 16.4 Å². The molecular weight excluding hydrogens is 458 g/mol. The van der Waals surface area contributed by atoms with Crippen molar-refractivity contribution in [1.29, 1.82) is 0 Å². The predicted molar refractivity (Wildman–Crippen MR) is 140 cm³/mol. The van der Waals surface area contributed by atoms with E-state index in [9.17, 15) is 4.79 Å². The molecule has 3 heterocycles.